The average molecular weight is 535 g/mol. The van der Waals surface area contributed by atoms with Crippen LogP contribution in [0.5, 0.6) is 5.75 Å². The topological polar surface area (TPSA) is 87.6 Å². The van der Waals surface area contributed by atoms with Crippen molar-refractivity contribution < 1.29 is 19.8 Å². The van der Waals surface area contributed by atoms with E-state index in [1.165, 1.54) is 0 Å². The second-order valence-corrected chi connectivity index (χ2v) is 10.9. The van der Waals surface area contributed by atoms with E-state index in [1.807, 2.05) is 41.3 Å². The number of carbonyl (C=O) groups excluding carboxylic acids is 1. The number of phenols is 1. The number of amides is 1. The largest absolute Gasteiger partial charge is 0.508 e. The van der Waals surface area contributed by atoms with Gasteiger partial charge in [-0.25, -0.2) is 0 Å². The lowest BCUT2D eigenvalue weighted by atomic mass is 9.92. The van der Waals surface area contributed by atoms with E-state index in [-0.39, 0.29) is 30.2 Å². The molecule has 8 nitrogen and oxygen atoms in total. The molecule has 2 aromatic carbocycles. The summed E-state index contributed by atoms with van der Waals surface area (Å²) in [6.07, 6.45) is 2.75. The van der Waals surface area contributed by atoms with Crippen molar-refractivity contribution in [1.29, 1.82) is 0 Å². The summed E-state index contributed by atoms with van der Waals surface area (Å²) in [6.45, 7) is 14.5. The van der Waals surface area contributed by atoms with Crippen molar-refractivity contribution in [3.05, 3.63) is 77.9 Å². The molecule has 0 unspecified atom stereocenters. The van der Waals surface area contributed by atoms with E-state index in [1.54, 1.807) is 6.07 Å². The second kappa shape index (κ2) is 13.2. The Bertz CT molecular complexity index is 1150. The number of benzene rings is 2. The van der Waals surface area contributed by atoms with Crippen LogP contribution in [0.3, 0.4) is 0 Å². The van der Waals surface area contributed by atoms with Crippen LogP contribution < -0.4 is 0 Å². The normalized spacial score (nSPS) is 21.9. The van der Waals surface area contributed by atoms with Crippen LogP contribution in [0, 0.1) is 0 Å². The molecule has 210 valence electrons. The number of hydrogen-bond donors (Lipinski definition) is 2. The number of carbonyl (C=O) groups is 2. The minimum absolute atomic E-state index is 0.0221. The van der Waals surface area contributed by atoms with Gasteiger partial charge >= 0.3 is 5.97 Å². The van der Waals surface area contributed by atoms with E-state index in [0.717, 1.165) is 50.4 Å². The summed E-state index contributed by atoms with van der Waals surface area (Å²) in [6, 6.07) is 15.9. The van der Waals surface area contributed by atoms with Crippen molar-refractivity contribution in [2.24, 2.45) is 0 Å². The van der Waals surface area contributed by atoms with E-state index < -0.39 is 5.97 Å². The van der Waals surface area contributed by atoms with Gasteiger partial charge in [-0.05, 0) is 62.2 Å². The molecule has 39 heavy (non-hydrogen) atoms. The molecule has 2 heterocycles. The summed E-state index contributed by atoms with van der Waals surface area (Å²) >= 11 is 0. The summed E-state index contributed by atoms with van der Waals surface area (Å²) in [5.41, 5.74) is 2.71. The van der Waals surface area contributed by atoms with Crippen LogP contribution >= 0.6 is 0 Å². The summed E-state index contributed by atoms with van der Waals surface area (Å²) in [4.78, 5) is 33.4. The highest BCUT2D eigenvalue weighted by Gasteiger charge is 2.35. The molecule has 2 saturated heterocycles. The molecule has 0 saturated carbocycles. The van der Waals surface area contributed by atoms with Gasteiger partial charge in [-0.2, -0.15) is 0 Å². The molecular formula is C31H42N4O4. The molecule has 0 bridgehead atoms. The number of piperazine rings is 2. The van der Waals surface area contributed by atoms with Crippen LogP contribution in [0.25, 0.3) is 0 Å². The third kappa shape index (κ3) is 7.26. The Morgan fingerprint density at radius 1 is 1.00 bits per heavy atom. The molecular weight excluding hydrogens is 492 g/mol. The average Bonchev–Trinajstić information content (AvgIpc) is 2.92. The first-order valence-electron chi connectivity index (χ1n) is 14.0. The molecule has 0 aromatic heterocycles. The van der Waals surface area contributed by atoms with E-state index in [2.05, 4.69) is 47.3 Å². The fraction of sp³-hybridized carbons (Fsp3) is 0.484. The summed E-state index contributed by atoms with van der Waals surface area (Å²) in [5.74, 6) is -0.513. The zero-order valence-electron chi connectivity index (χ0n) is 23.2. The highest BCUT2D eigenvalue weighted by atomic mass is 16.4. The number of carboxylic acids is 1. The van der Waals surface area contributed by atoms with Crippen molar-refractivity contribution in [3.63, 3.8) is 0 Å². The summed E-state index contributed by atoms with van der Waals surface area (Å²) in [7, 11) is 0. The van der Waals surface area contributed by atoms with E-state index in [4.69, 9.17) is 5.11 Å². The van der Waals surface area contributed by atoms with Crippen molar-refractivity contribution in [1.82, 2.24) is 19.6 Å². The molecule has 2 aromatic rings. The zero-order chi connectivity index (χ0) is 27.9. The quantitative estimate of drug-likeness (QED) is 0.450. The van der Waals surface area contributed by atoms with Crippen LogP contribution in [0.4, 0.5) is 0 Å². The van der Waals surface area contributed by atoms with Crippen molar-refractivity contribution in [3.8, 4) is 5.75 Å². The van der Waals surface area contributed by atoms with Crippen LogP contribution in [0.15, 0.2) is 61.2 Å². The van der Waals surface area contributed by atoms with Gasteiger partial charge in [0.1, 0.15) is 5.75 Å². The van der Waals surface area contributed by atoms with Crippen LogP contribution in [0.2, 0.25) is 0 Å². The first kappa shape index (κ1) is 28.8. The maximum absolute atomic E-state index is 13.5. The Kier molecular flexibility index (Phi) is 9.78. The minimum Gasteiger partial charge on any atom is -0.508 e. The molecule has 3 atom stereocenters. The third-order valence-corrected chi connectivity index (χ3v) is 8.02. The lowest BCUT2D eigenvalue weighted by molar-refractivity contribution is -0.137. The monoisotopic (exact) mass is 534 g/mol. The Labute approximate surface area is 232 Å². The number of carboxylic acid groups (broad SMARTS) is 1. The minimum atomic E-state index is -0.768. The third-order valence-electron chi connectivity index (χ3n) is 8.02. The number of rotatable bonds is 10. The van der Waals surface area contributed by atoms with Gasteiger partial charge in [0.2, 0.25) is 0 Å². The Morgan fingerprint density at radius 2 is 1.69 bits per heavy atom. The summed E-state index contributed by atoms with van der Waals surface area (Å²) in [5, 5.41) is 19.2. The first-order chi connectivity index (χ1) is 18.8. The van der Waals surface area contributed by atoms with Gasteiger partial charge in [-0.3, -0.25) is 24.3 Å². The van der Waals surface area contributed by atoms with Crippen molar-refractivity contribution in [2.45, 2.75) is 44.8 Å². The fourth-order valence-corrected chi connectivity index (χ4v) is 5.93. The molecule has 2 fully saturated rings. The molecule has 2 aliphatic heterocycles. The SMILES string of the molecule is C=CCN1C[C@H](C)N([C@@H](c2cccc(O)c2)c2cccc(C(=O)N3CCN(CCCC(=O)O)CC3)c2)C[C@H]1C. The van der Waals surface area contributed by atoms with Gasteiger partial charge in [-0.15, -0.1) is 6.58 Å². The molecule has 2 N–H and O–H groups in total. The number of aromatic hydroxyl groups is 1. The maximum atomic E-state index is 13.5. The second-order valence-electron chi connectivity index (χ2n) is 10.9. The molecule has 1 amide bonds. The highest BCUT2D eigenvalue weighted by molar-refractivity contribution is 5.94. The van der Waals surface area contributed by atoms with Gasteiger partial charge in [-0.1, -0.05) is 30.3 Å². The molecule has 8 heteroatoms. The number of nitrogens with zero attached hydrogens (tertiary/aromatic N) is 4. The van der Waals surface area contributed by atoms with Gasteiger partial charge in [0.15, 0.2) is 0 Å². The van der Waals surface area contributed by atoms with Crippen molar-refractivity contribution in [2.75, 3.05) is 52.4 Å². The van der Waals surface area contributed by atoms with Gasteiger partial charge in [0, 0.05) is 69.9 Å². The lowest BCUT2D eigenvalue weighted by Crippen LogP contribution is -2.57. The van der Waals surface area contributed by atoms with Gasteiger partial charge in [0.05, 0.1) is 6.04 Å². The molecule has 0 radical (unpaired) electrons. The molecule has 0 spiro atoms. The van der Waals surface area contributed by atoms with Crippen LogP contribution in [0.1, 0.15) is 54.2 Å². The van der Waals surface area contributed by atoms with Gasteiger partial charge < -0.3 is 15.1 Å². The number of aliphatic carboxylic acids is 1. The number of hydrogen-bond acceptors (Lipinski definition) is 6. The highest BCUT2D eigenvalue weighted by Crippen LogP contribution is 2.35. The first-order valence-corrected chi connectivity index (χ1v) is 14.0. The predicted molar refractivity (Wildman–Crippen MR) is 153 cm³/mol. The fourth-order valence-electron chi connectivity index (χ4n) is 5.93. The molecule has 0 aliphatic carbocycles. The lowest BCUT2D eigenvalue weighted by Gasteiger charge is -2.47. The van der Waals surface area contributed by atoms with Crippen molar-refractivity contribution >= 4 is 11.9 Å². The van der Waals surface area contributed by atoms with E-state index in [9.17, 15) is 14.7 Å². The summed E-state index contributed by atoms with van der Waals surface area (Å²) < 4.78 is 0. The van der Waals surface area contributed by atoms with E-state index in [0.29, 0.717) is 31.1 Å². The Hall–Kier alpha value is -3.20. The maximum Gasteiger partial charge on any atom is 0.303 e. The molecule has 2 aliphatic rings. The van der Waals surface area contributed by atoms with Crippen LogP contribution in [-0.4, -0.2) is 106 Å². The Balaban J connectivity index is 1.53. The number of phenolic OH excluding ortho intramolecular Hbond substituents is 1. The standard InChI is InChI=1S/C31H42N4O4/c1-4-13-34-21-24(3)35(22-23(34)2)30(26-9-6-11-28(36)20-26)25-8-5-10-27(19-25)31(39)33-17-15-32(16-18-33)14-7-12-29(37)38/h4-6,8-11,19-20,23-24,30,36H,1,7,12-18,21-22H2,2-3H3,(H,37,38)/t23-,24+,30-/m1/s1. The smallest absolute Gasteiger partial charge is 0.303 e. The Morgan fingerprint density at radius 3 is 2.36 bits per heavy atom. The van der Waals surface area contributed by atoms with E-state index >= 15 is 0 Å². The van der Waals surface area contributed by atoms with Gasteiger partial charge in [0.25, 0.3) is 5.91 Å². The molecule has 4 rings (SSSR count). The predicted octanol–water partition coefficient (Wildman–Crippen LogP) is 3.68. The van der Waals surface area contributed by atoms with Crippen LogP contribution in [-0.2, 0) is 4.79 Å². The zero-order valence-corrected chi connectivity index (χ0v) is 23.2.